The van der Waals surface area contributed by atoms with Gasteiger partial charge in [0.25, 0.3) is 5.91 Å². The Kier molecular flexibility index (Phi) is 4.45. The Morgan fingerprint density at radius 2 is 2.24 bits per heavy atom. The van der Waals surface area contributed by atoms with Crippen LogP contribution in [0.2, 0.25) is 0 Å². The minimum Gasteiger partial charge on any atom is -0.448 e. The van der Waals surface area contributed by atoms with E-state index < -0.39 is 12.1 Å². The second-order valence-electron chi connectivity index (χ2n) is 3.42. The predicted molar refractivity (Wildman–Crippen MR) is 62.2 cm³/mol. The van der Waals surface area contributed by atoms with Gasteiger partial charge in [-0.3, -0.25) is 4.79 Å². The molecule has 0 radical (unpaired) electrons. The van der Waals surface area contributed by atoms with E-state index in [9.17, 15) is 9.59 Å². The zero-order valence-corrected chi connectivity index (χ0v) is 9.77. The molecule has 6 heteroatoms. The molecule has 92 valence electrons. The maximum absolute atomic E-state index is 11.6. The van der Waals surface area contributed by atoms with E-state index >= 15 is 0 Å². The first-order valence-corrected chi connectivity index (χ1v) is 5.24. The number of carbonyl (C=O) groups is 2. The number of hydrogen-bond acceptors (Lipinski definition) is 5. The first kappa shape index (κ1) is 13.0. The van der Waals surface area contributed by atoms with Gasteiger partial charge in [0.15, 0.2) is 6.10 Å². The Hall–Kier alpha value is -2.11. The van der Waals surface area contributed by atoms with Crippen molar-refractivity contribution in [3.8, 4) is 0 Å². The summed E-state index contributed by atoms with van der Waals surface area (Å²) >= 11 is 0. The summed E-state index contributed by atoms with van der Waals surface area (Å²) in [4.78, 5) is 26.7. The zero-order valence-electron chi connectivity index (χ0n) is 9.77. The average molecular weight is 237 g/mol. The van der Waals surface area contributed by atoms with E-state index in [0.717, 1.165) is 0 Å². The lowest BCUT2D eigenvalue weighted by molar-refractivity contribution is -0.128. The van der Waals surface area contributed by atoms with Gasteiger partial charge in [0.2, 0.25) is 0 Å². The summed E-state index contributed by atoms with van der Waals surface area (Å²) in [6.45, 7) is 3.77. The van der Waals surface area contributed by atoms with Gasteiger partial charge in [0, 0.05) is 6.54 Å². The Balaban J connectivity index is 2.60. The molecule has 3 N–H and O–H groups in total. The van der Waals surface area contributed by atoms with Gasteiger partial charge in [-0.1, -0.05) is 0 Å². The highest BCUT2D eigenvalue weighted by Crippen LogP contribution is 2.04. The number of amides is 1. The molecule has 1 unspecified atom stereocenters. The predicted octanol–water partition coefficient (Wildman–Crippen LogP) is 0.345. The molecule has 0 aliphatic carbocycles. The second kappa shape index (κ2) is 5.83. The van der Waals surface area contributed by atoms with Crippen LogP contribution in [0.4, 0.5) is 5.69 Å². The van der Waals surface area contributed by atoms with Gasteiger partial charge >= 0.3 is 5.97 Å². The second-order valence-corrected chi connectivity index (χ2v) is 3.42. The smallest absolute Gasteiger partial charge is 0.357 e. The van der Waals surface area contributed by atoms with Crippen molar-refractivity contribution < 1.29 is 14.3 Å². The third-order valence-electron chi connectivity index (χ3n) is 2.00. The van der Waals surface area contributed by atoms with Crippen molar-refractivity contribution >= 4 is 17.6 Å². The summed E-state index contributed by atoms with van der Waals surface area (Å²) in [7, 11) is 0. The molecule has 1 amide bonds. The van der Waals surface area contributed by atoms with Crippen LogP contribution in [0, 0.1) is 0 Å². The molecule has 0 spiro atoms. The quantitative estimate of drug-likeness (QED) is 0.736. The number of nitrogen functional groups attached to an aromatic ring is 1. The maximum atomic E-state index is 11.6. The van der Waals surface area contributed by atoms with Crippen molar-refractivity contribution in [2.24, 2.45) is 0 Å². The lowest BCUT2D eigenvalue weighted by atomic mass is 10.3. The molecule has 1 aromatic heterocycles. The average Bonchev–Trinajstić information content (AvgIpc) is 2.30. The van der Waals surface area contributed by atoms with Gasteiger partial charge in [-0.25, -0.2) is 9.78 Å². The molecule has 0 fully saturated rings. The summed E-state index contributed by atoms with van der Waals surface area (Å²) in [5, 5.41) is 2.55. The molecule has 0 saturated carbocycles. The molecule has 0 aliphatic heterocycles. The molecule has 17 heavy (non-hydrogen) atoms. The summed E-state index contributed by atoms with van der Waals surface area (Å²) in [6, 6.07) is 2.99. The van der Waals surface area contributed by atoms with E-state index in [0.29, 0.717) is 12.2 Å². The van der Waals surface area contributed by atoms with E-state index in [4.69, 9.17) is 10.5 Å². The molecule has 1 rings (SSSR count). The number of aromatic nitrogens is 1. The third kappa shape index (κ3) is 3.75. The topological polar surface area (TPSA) is 94.3 Å². The highest BCUT2D eigenvalue weighted by Gasteiger charge is 2.18. The fourth-order valence-corrected chi connectivity index (χ4v) is 1.12. The first-order valence-electron chi connectivity index (χ1n) is 5.24. The van der Waals surface area contributed by atoms with Crippen molar-refractivity contribution in [3.05, 3.63) is 24.0 Å². The van der Waals surface area contributed by atoms with Crippen molar-refractivity contribution in [1.82, 2.24) is 10.3 Å². The molecule has 0 bridgehead atoms. The van der Waals surface area contributed by atoms with Crippen molar-refractivity contribution in [1.29, 1.82) is 0 Å². The number of likely N-dealkylation sites (N-methyl/N-ethyl adjacent to an activating group) is 1. The Labute approximate surface area is 99.2 Å². The number of nitrogens with two attached hydrogens (primary N) is 1. The molecule has 0 saturated heterocycles. The van der Waals surface area contributed by atoms with Gasteiger partial charge in [0.1, 0.15) is 5.69 Å². The normalized spacial score (nSPS) is 11.6. The number of rotatable bonds is 4. The lowest BCUT2D eigenvalue weighted by Gasteiger charge is -2.12. The number of esters is 1. The fraction of sp³-hybridized carbons (Fsp3) is 0.364. The number of anilines is 1. The number of hydrogen-bond donors (Lipinski definition) is 2. The van der Waals surface area contributed by atoms with Crippen molar-refractivity contribution in [2.75, 3.05) is 12.3 Å². The van der Waals surface area contributed by atoms with Crippen LogP contribution in [0.3, 0.4) is 0 Å². The standard InChI is InChI=1S/C11H15N3O3/c1-3-13-10(15)7(2)17-11(16)9-5-4-8(12)6-14-9/h4-7H,3,12H2,1-2H3,(H,13,15). The van der Waals surface area contributed by atoms with Gasteiger partial charge in [-0.2, -0.15) is 0 Å². The highest BCUT2D eigenvalue weighted by atomic mass is 16.5. The summed E-state index contributed by atoms with van der Waals surface area (Å²) in [5.74, 6) is -0.986. The molecule has 6 nitrogen and oxygen atoms in total. The van der Waals surface area contributed by atoms with E-state index in [1.807, 2.05) is 0 Å². The largest absolute Gasteiger partial charge is 0.448 e. The number of ether oxygens (including phenoxy) is 1. The highest BCUT2D eigenvalue weighted by molar-refractivity contribution is 5.90. The van der Waals surface area contributed by atoms with Crippen LogP contribution in [-0.4, -0.2) is 29.5 Å². The van der Waals surface area contributed by atoms with Crippen LogP contribution < -0.4 is 11.1 Å². The summed E-state index contributed by atoms with van der Waals surface area (Å²) in [5.41, 5.74) is 6.01. The van der Waals surface area contributed by atoms with E-state index in [-0.39, 0.29) is 11.6 Å². The van der Waals surface area contributed by atoms with Crippen LogP contribution in [-0.2, 0) is 9.53 Å². The third-order valence-corrected chi connectivity index (χ3v) is 2.00. The van der Waals surface area contributed by atoms with E-state index in [1.54, 1.807) is 13.0 Å². The van der Waals surface area contributed by atoms with Crippen LogP contribution in [0.15, 0.2) is 18.3 Å². The molecule has 0 aliphatic rings. The minimum absolute atomic E-state index is 0.121. The zero-order chi connectivity index (χ0) is 12.8. The summed E-state index contributed by atoms with van der Waals surface area (Å²) < 4.78 is 4.94. The number of nitrogens with one attached hydrogen (secondary N) is 1. The van der Waals surface area contributed by atoms with Crippen molar-refractivity contribution in [2.45, 2.75) is 20.0 Å². The summed E-state index contributed by atoms with van der Waals surface area (Å²) in [6.07, 6.45) is 0.509. The van der Waals surface area contributed by atoms with Crippen LogP contribution in [0.5, 0.6) is 0 Å². The molecule has 1 aromatic rings. The molecular weight excluding hydrogens is 222 g/mol. The van der Waals surface area contributed by atoms with Gasteiger partial charge < -0.3 is 15.8 Å². The molecule has 1 atom stereocenters. The Morgan fingerprint density at radius 3 is 2.76 bits per heavy atom. The number of pyridine rings is 1. The molecule has 0 aromatic carbocycles. The van der Waals surface area contributed by atoms with Crippen LogP contribution >= 0.6 is 0 Å². The number of carbonyl (C=O) groups excluding carboxylic acids is 2. The van der Waals surface area contributed by atoms with E-state index in [1.165, 1.54) is 19.2 Å². The van der Waals surface area contributed by atoms with Gasteiger partial charge in [-0.05, 0) is 26.0 Å². The Morgan fingerprint density at radius 1 is 1.53 bits per heavy atom. The number of nitrogens with zero attached hydrogens (tertiary/aromatic N) is 1. The SMILES string of the molecule is CCNC(=O)C(C)OC(=O)c1ccc(N)cn1. The van der Waals surface area contributed by atoms with Gasteiger partial charge in [0.05, 0.1) is 11.9 Å². The van der Waals surface area contributed by atoms with Gasteiger partial charge in [-0.15, -0.1) is 0 Å². The molecule has 1 heterocycles. The van der Waals surface area contributed by atoms with Crippen molar-refractivity contribution in [3.63, 3.8) is 0 Å². The lowest BCUT2D eigenvalue weighted by Crippen LogP contribution is -2.35. The van der Waals surface area contributed by atoms with Crippen LogP contribution in [0.25, 0.3) is 0 Å². The first-order chi connectivity index (χ1) is 8.04. The Bertz CT molecular complexity index is 403. The van der Waals surface area contributed by atoms with E-state index in [2.05, 4.69) is 10.3 Å². The minimum atomic E-state index is -0.846. The maximum Gasteiger partial charge on any atom is 0.357 e. The fourth-order valence-electron chi connectivity index (χ4n) is 1.12. The monoisotopic (exact) mass is 237 g/mol. The van der Waals surface area contributed by atoms with Crippen LogP contribution in [0.1, 0.15) is 24.3 Å². The molecular formula is C11H15N3O3.